The van der Waals surface area contributed by atoms with E-state index < -0.39 is 21.9 Å². The van der Waals surface area contributed by atoms with Gasteiger partial charge in [-0.25, -0.2) is 12.8 Å². The number of nitrogens with zero attached hydrogens (tertiary/aromatic N) is 2. The fraction of sp³-hybridized carbons (Fsp3) is 0.517. The summed E-state index contributed by atoms with van der Waals surface area (Å²) in [4.78, 5) is 28.0. The summed E-state index contributed by atoms with van der Waals surface area (Å²) in [7, 11) is -3.66. The van der Waals surface area contributed by atoms with E-state index in [-0.39, 0.29) is 43.8 Å². The Hall–Kier alpha value is -3.34. The number of halogens is 1. The summed E-state index contributed by atoms with van der Waals surface area (Å²) in [5.41, 5.74) is 0.713. The molecule has 218 valence electrons. The van der Waals surface area contributed by atoms with Gasteiger partial charge in [-0.05, 0) is 44.4 Å². The molecule has 2 aliphatic rings. The van der Waals surface area contributed by atoms with E-state index >= 15 is 0 Å². The van der Waals surface area contributed by atoms with Gasteiger partial charge in [0, 0.05) is 37.2 Å². The third-order valence-corrected chi connectivity index (χ3v) is 8.58. The van der Waals surface area contributed by atoms with E-state index in [4.69, 9.17) is 9.47 Å². The van der Waals surface area contributed by atoms with E-state index in [1.165, 1.54) is 15.3 Å². The fourth-order valence-electron chi connectivity index (χ4n) is 5.15. The minimum absolute atomic E-state index is 0.0218. The Balaban J connectivity index is 1.46. The van der Waals surface area contributed by atoms with E-state index in [0.29, 0.717) is 36.0 Å². The highest BCUT2D eigenvalue weighted by Gasteiger charge is 2.29. The van der Waals surface area contributed by atoms with Gasteiger partial charge in [-0.2, -0.15) is 0 Å². The zero-order valence-electron chi connectivity index (χ0n) is 23.1. The fourth-order valence-corrected chi connectivity index (χ4v) is 6.11. The number of carbonyl (C=O) groups excluding carboxylic acids is 2. The van der Waals surface area contributed by atoms with Crippen LogP contribution in [0.4, 0.5) is 10.1 Å². The van der Waals surface area contributed by atoms with Crippen LogP contribution in [0.5, 0.6) is 11.5 Å². The van der Waals surface area contributed by atoms with Gasteiger partial charge >= 0.3 is 0 Å². The molecular formula is C29H38FN3O6S. The number of fused-ring (bicyclic) bond motifs is 1. The highest BCUT2D eigenvalue weighted by atomic mass is 32.2. The molecule has 1 N–H and O–H groups in total. The zero-order valence-corrected chi connectivity index (χ0v) is 23.9. The third-order valence-electron chi connectivity index (χ3n) is 7.38. The summed E-state index contributed by atoms with van der Waals surface area (Å²) >= 11 is 0. The molecular weight excluding hydrogens is 537 g/mol. The Labute approximate surface area is 235 Å². The molecule has 4 rings (SSSR count). The van der Waals surface area contributed by atoms with Gasteiger partial charge in [0.2, 0.25) is 21.8 Å². The molecule has 1 atom stereocenters. The van der Waals surface area contributed by atoms with Gasteiger partial charge in [0.15, 0.2) is 11.5 Å². The van der Waals surface area contributed by atoms with Gasteiger partial charge in [0.25, 0.3) is 0 Å². The standard InChI is InChI=1S/C29H38FN3O6S/c1-21(29(35)31-23-10-4-3-5-11-23)32(20-22-9-6-7-12-25(22)30)28(34)13-8-16-33(40(2,36)37)24-14-15-26-27(19-24)39-18-17-38-26/h6-7,9,12,14-15,19,21,23H,3-5,8,10-11,13,16-18,20H2,1-2H3,(H,31,35)/t21-/m1/s1. The number of anilines is 1. The molecule has 9 nitrogen and oxygen atoms in total. The van der Waals surface area contributed by atoms with Crippen molar-refractivity contribution in [1.82, 2.24) is 10.2 Å². The van der Waals surface area contributed by atoms with E-state index in [1.807, 2.05) is 0 Å². The lowest BCUT2D eigenvalue weighted by atomic mass is 9.95. The number of hydrogen-bond donors (Lipinski definition) is 1. The van der Waals surface area contributed by atoms with Crippen LogP contribution >= 0.6 is 0 Å². The summed E-state index contributed by atoms with van der Waals surface area (Å²) in [6.07, 6.45) is 6.35. The number of benzene rings is 2. The molecule has 11 heteroatoms. The first kappa shape index (κ1) is 29.6. The first-order chi connectivity index (χ1) is 19.1. The first-order valence-corrected chi connectivity index (χ1v) is 15.7. The van der Waals surface area contributed by atoms with Gasteiger partial charge in [0.05, 0.1) is 11.9 Å². The number of amides is 2. The number of rotatable bonds is 11. The van der Waals surface area contributed by atoms with Gasteiger partial charge < -0.3 is 19.7 Å². The summed E-state index contributed by atoms with van der Waals surface area (Å²) in [5, 5.41) is 3.06. The molecule has 2 aromatic carbocycles. The Bertz CT molecular complexity index is 1300. The quantitative estimate of drug-likeness (QED) is 0.434. The van der Waals surface area contributed by atoms with Crippen molar-refractivity contribution in [1.29, 1.82) is 0 Å². The second-order valence-electron chi connectivity index (χ2n) is 10.4. The van der Waals surface area contributed by atoms with Gasteiger partial charge in [-0.15, -0.1) is 0 Å². The largest absolute Gasteiger partial charge is 0.486 e. The average Bonchev–Trinajstić information content (AvgIpc) is 2.94. The summed E-state index contributed by atoms with van der Waals surface area (Å²) in [6.45, 7) is 2.41. The highest BCUT2D eigenvalue weighted by molar-refractivity contribution is 7.92. The van der Waals surface area contributed by atoms with E-state index in [2.05, 4.69) is 5.32 Å². The molecule has 1 saturated carbocycles. The smallest absolute Gasteiger partial charge is 0.242 e. The maximum absolute atomic E-state index is 14.5. The molecule has 2 amide bonds. The van der Waals surface area contributed by atoms with Crippen LogP contribution in [0, 0.1) is 5.82 Å². The second kappa shape index (κ2) is 13.3. The van der Waals surface area contributed by atoms with Crippen LogP contribution < -0.4 is 19.1 Å². The van der Waals surface area contributed by atoms with Crippen molar-refractivity contribution >= 4 is 27.5 Å². The predicted molar refractivity (Wildman–Crippen MR) is 150 cm³/mol. The Morgan fingerprint density at radius 3 is 2.45 bits per heavy atom. The number of hydrogen-bond acceptors (Lipinski definition) is 6. The summed E-state index contributed by atoms with van der Waals surface area (Å²) in [6, 6.07) is 10.3. The van der Waals surface area contributed by atoms with Crippen LogP contribution in [0.3, 0.4) is 0 Å². The number of nitrogens with one attached hydrogen (secondary N) is 1. The monoisotopic (exact) mass is 575 g/mol. The lowest BCUT2D eigenvalue weighted by Crippen LogP contribution is -2.50. The molecule has 0 aromatic heterocycles. The van der Waals surface area contributed by atoms with Crippen molar-refractivity contribution in [3.8, 4) is 11.5 Å². The molecule has 0 unspecified atom stereocenters. The molecule has 0 saturated heterocycles. The maximum Gasteiger partial charge on any atom is 0.242 e. The van der Waals surface area contributed by atoms with Crippen molar-refractivity contribution in [2.45, 2.75) is 70.5 Å². The van der Waals surface area contributed by atoms with Crippen LogP contribution in [0.1, 0.15) is 57.4 Å². The van der Waals surface area contributed by atoms with Crippen molar-refractivity contribution in [3.05, 3.63) is 53.8 Å². The summed E-state index contributed by atoms with van der Waals surface area (Å²) in [5.74, 6) is -0.0805. The molecule has 1 aliphatic carbocycles. The van der Waals surface area contributed by atoms with Crippen molar-refractivity contribution < 1.29 is 31.9 Å². The van der Waals surface area contributed by atoms with Gasteiger partial charge in [-0.1, -0.05) is 37.5 Å². The van der Waals surface area contributed by atoms with Crippen molar-refractivity contribution in [3.63, 3.8) is 0 Å². The molecule has 1 fully saturated rings. The number of carbonyl (C=O) groups is 2. The normalized spacial score (nSPS) is 16.2. The number of sulfonamides is 1. The Morgan fingerprint density at radius 1 is 1.05 bits per heavy atom. The molecule has 1 aliphatic heterocycles. The molecule has 2 aromatic rings. The lowest BCUT2D eigenvalue weighted by Gasteiger charge is -2.31. The second-order valence-corrected chi connectivity index (χ2v) is 12.3. The zero-order chi connectivity index (χ0) is 28.7. The molecule has 40 heavy (non-hydrogen) atoms. The summed E-state index contributed by atoms with van der Waals surface area (Å²) < 4.78 is 52.1. The van der Waals surface area contributed by atoms with Crippen molar-refractivity contribution in [2.75, 3.05) is 30.3 Å². The van der Waals surface area contributed by atoms with Crippen LogP contribution in [-0.4, -0.2) is 63.2 Å². The third kappa shape index (κ3) is 7.65. The minimum atomic E-state index is -3.66. The van der Waals surface area contributed by atoms with E-state index in [1.54, 1.807) is 43.3 Å². The Kier molecular flexibility index (Phi) is 9.89. The highest BCUT2D eigenvalue weighted by Crippen LogP contribution is 2.34. The SMILES string of the molecule is C[C@H](C(=O)NC1CCCCC1)N(Cc1ccccc1F)C(=O)CCCN(c1ccc2c(c1)OCCO2)S(C)(=O)=O. The van der Waals surface area contributed by atoms with Gasteiger partial charge in [0.1, 0.15) is 25.1 Å². The van der Waals surface area contributed by atoms with Crippen LogP contribution in [0.15, 0.2) is 42.5 Å². The van der Waals surface area contributed by atoms with E-state index in [9.17, 15) is 22.4 Å². The number of ether oxygens (including phenoxy) is 2. The van der Waals surface area contributed by atoms with E-state index in [0.717, 1.165) is 38.4 Å². The van der Waals surface area contributed by atoms with Crippen LogP contribution in [0.2, 0.25) is 0 Å². The molecule has 1 heterocycles. The van der Waals surface area contributed by atoms with Crippen LogP contribution in [-0.2, 0) is 26.2 Å². The molecule has 0 bridgehead atoms. The minimum Gasteiger partial charge on any atom is -0.486 e. The molecule has 0 radical (unpaired) electrons. The average molecular weight is 576 g/mol. The first-order valence-electron chi connectivity index (χ1n) is 13.8. The Morgan fingerprint density at radius 2 is 1.75 bits per heavy atom. The lowest BCUT2D eigenvalue weighted by molar-refractivity contribution is -0.141. The van der Waals surface area contributed by atoms with Gasteiger partial charge in [-0.3, -0.25) is 13.9 Å². The van der Waals surface area contributed by atoms with Crippen LogP contribution in [0.25, 0.3) is 0 Å². The predicted octanol–water partition coefficient (Wildman–Crippen LogP) is 4.01. The molecule has 0 spiro atoms. The maximum atomic E-state index is 14.5. The topological polar surface area (TPSA) is 105 Å². The van der Waals surface area contributed by atoms with Crippen molar-refractivity contribution in [2.24, 2.45) is 0 Å².